The summed E-state index contributed by atoms with van der Waals surface area (Å²) in [6.07, 6.45) is 3.18. The summed E-state index contributed by atoms with van der Waals surface area (Å²) >= 11 is 0. The largest absolute Gasteiger partial charge is 0.334 e. The van der Waals surface area contributed by atoms with Crippen LogP contribution in [-0.2, 0) is 16.6 Å². The van der Waals surface area contributed by atoms with Gasteiger partial charge < -0.3 is 9.88 Å². The minimum absolute atomic E-state index is 0.117. The molecule has 0 saturated carbocycles. The van der Waals surface area contributed by atoms with E-state index >= 15 is 0 Å². The maximum Gasteiger partial charge on any atom is 0.260 e. The first-order valence-electron chi connectivity index (χ1n) is 6.65. The Morgan fingerprint density at radius 3 is 2.63 bits per heavy atom. The smallest absolute Gasteiger partial charge is 0.260 e. The summed E-state index contributed by atoms with van der Waals surface area (Å²) < 4.78 is 29.4. The molecule has 0 aromatic carbocycles. The predicted molar refractivity (Wildman–Crippen MR) is 73.5 cm³/mol. The molecule has 1 saturated heterocycles. The van der Waals surface area contributed by atoms with Crippen molar-refractivity contribution in [2.45, 2.75) is 50.7 Å². The number of piperidine rings is 1. The first-order chi connectivity index (χ1) is 8.86. The molecule has 108 valence electrons. The Morgan fingerprint density at radius 2 is 2.11 bits per heavy atom. The van der Waals surface area contributed by atoms with E-state index in [-0.39, 0.29) is 10.6 Å². The van der Waals surface area contributed by atoms with Gasteiger partial charge in [0, 0.05) is 18.3 Å². The molecule has 0 radical (unpaired) electrons. The third-order valence-electron chi connectivity index (χ3n) is 3.66. The highest BCUT2D eigenvalue weighted by atomic mass is 32.2. The van der Waals surface area contributed by atoms with Gasteiger partial charge in [0.25, 0.3) is 10.0 Å². The first kappa shape index (κ1) is 14.5. The summed E-state index contributed by atoms with van der Waals surface area (Å²) in [5.74, 6) is 0.721. The Labute approximate surface area is 114 Å². The summed E-state index contributed by atoms with van der Waals surface area (Å²) in [7, 11) is -3.54. The molecule has 19 heavy (non-hydrogen) atoms. The van der Waals surface area contributed by atoms with Crippen LogP contribution in [0.25, 0.3) is 0 Å². The average molecular weight is 286 g/mol. The standard InChI is InChI=1S/C12H22N4O2S/c1-4-16-9-11(14-10(16)2)19(17,18)15-12(3)5-7-13-8-6-12/h9,13,15H,4-8H2,1-3H3. The quantitative estimate of drug-likeness (QED) is 0.851. The highest BCUT2D eigenvalue weighted by molar-refractivity contribution is 7.89. The second kappa shape index (κ2) is 5.22. The van der Waals surface area contributed by atoms with Crippen molar-refractivity contribution in [2.24, 2.45) is 0 Å². The first-order valence-corrected chi connectivity index (χ1v) is 8.13. The zero-order chi connectivity index (χ0) is 14.1. The maximum absolute atomic E-state index is 12.4. The third-order valence-corrected chi connectivity index (χ3v) is 5.17. The van der Waals surface area contributed by atoms with E-state index in [1.54, 1.807) is 6.20 Å². The lowest BCUT2D eigenvalue weighted by atomic mass is 9.92. The van der Waals surface area contributed by atoms with Gasteiger partial charge in [-0.3, -0.25) is 0 Å². The summed E-state index contributed by atoms with van der Waals surface area (Å²) in [5.41, 5.74) is -0.381. The van der Waals surface area contributed by atoms with E-state index in [2.05, 4.69) is 15.0 Å². The van der Waals surface area contributed by atoms with Gasteiger partial charge in [-0.05, 0) is 46.7 Å². The zero-order valence-electron chi connectivity index (χ0n) is 11.7. The molecule has 0 atom stereocenters. The van der Waals surface area contributed by atoms with Gasteiger partial charge in [-0.15, -0.1) is 0 Å². The Bertz CT molecular complexity index is 544. The fourth-order valence-corrected chi connectivity index (χ4v) is 3.86. The SMILES string of the molecule is CCn1cc(S(=O)(=O)NC2(C)CCNCC2)nc1C. The molecule has 1 aliphatic heterocycles. The molecule has 1 aromatic rings. The van der Waals surface area contributed by atoms with E-state index in [0.717, 1.165) is 38.3 Å². The van der Waals surface area contributed by atoms with Gasteiger partial charge in [-0.1, -0.05) is 0 Å². The third kappa shape index (κ3) is 3.16. The molecule has 2 N–H and O–H groups in total. The van der Waals surface area contributed by atoms with E-state index in [0.29, 0.717) is 0 Å². The molecule has 0 spiro atoms. The van der Waals surface area contributed by atoms with Crippen LogP contribution in [0.2, 0.25) is 0 Å². The van der Waals surface area contributed by atoms with Crippen molar-refractivity contribution in [3.05, 3.63) is 12.0 Å². The number of rotatable bonds is 4. The Balaban J connectivity index is 2.21. The number of imidazole rings is 1. The molecule has 0 unspecified atom stereocenters. The number of hydrogen-bond acceptors (Lipinski definition) is 4. The van der Waals surface area contributed by atoms with Gasteiger partial charge in [0.1, 0.15) is 5.82 Å². The van der Waals surface area contributed by atoms with Gasteiger partial charge in [-0.25, -0.2) is 18.1 Å². The van der Waals surface area contributed by atoms with Crippen molar-refractivity contribution >= 4 is 10.0 Å². The number of nitrogens with one attached hydrogen (secondary N) is 2. The summed E-state index contributed by atoms with van der Waals surface area (Å²) in [4.78, 5) is 4.15. The molecule has 1 fully saturated rings. The van der Waals surface area contributed by atoms with Crippen LogP contribution in [0.1, 0.15) is 32.5 Å². The number of nitrogens with zero attached hydrogens (tertiary/aromatic N) is 2. The molecule has 0 amide bonds. The Morgan fingerprint density at radius 1 is 1.47 bits per heavy atom. The lowest BCUT2D eigenvalue weighted by Gasteiger charge is -2.34. The van der Waals surface area contributed by atoms with Crippen molar-refractivity contribution in [3.63, 3.8) is 0 Å². The summed E-state index contributed by atoms with van der Waals surface area (Å²) in [6.45, 7) is 8.12. The number of hydrogen-bond donors (Lipinski definition) is 2. The Hall–Kier alpha value is -0.920. The van der Waals surface area contributed by atoms with Gasteiger partial charge in [-0.2, -0.15) is 0 Å². The fourth-order valence-electron chi connectivity index (χ4n) is 2.39. The summed E-state index contributed by atoms with van der Waals surface area (Å²) in [5, 5.41) is 3.35. The van der Waals surface area contributed by atoms with Crippen LogP contribution < -0.4 is 10.0 Å². The second-order valence-electron chi connectivity index (χ2n) is 5.33. The van der Waals surface area contributed by atoms with Crippen molar-refractivity contribution in [2.75, 3.05) is 13.1 Å². The Kier molecular flexibility index (Phi) is 3.98. The van der Waals surface area contributed by atoms with Crippen LogP contribution in [0, 0.1) is 6.92 Å². The molecule has 7 heteroatoms. The molecule has 2 heterocycles. The molecular formula is C12H22N4O2S. The molecule has 6 nitrogen and oxygen atoms in total. The maximum atomic E-state index is 12.4. The molecular weight excluding hydrogens is 264 g/mol. The lowest BCUT2D eigenvalue weighted by molar-refractivity contribution is 0.307. The average Bonchev–Trinajstić information content (AvgIpc) is 2.71. The van der Waals surface area contributed by atoms with Gasteiger partial charge in [0.2, 0.25) is 0 Å². The van der Waals surface area contributed by atoms with Crippen LogP contribution in [0.15, 0.2) is 11.2 Å². The minimum atomic E-state index is -3.54. The van der Waals surface area contributed by atoms with Gasteiger partial charge in [0.05, 0.1) is 0 Å². The second-order valence-corrected chi connectivity index (χ2v) is 6.96. The van der Waals surface area contributed by atoms with Crippen LogP contribution >= 0.6 is 0 Å². The molecule has 0 bridgehead atoms. The summed E-state index contributed by atoms with van der Waals surface area (Å²) in [6, 6.07) is 0. The van der Waals surface area contributed by atoms with Crippen LogP contribution in [0.4, 0.5) is 0 Å². The number of sulfonamides is 1. The van der Waals surface area contributed by atoms with E-state index < -0.39 is 10.0 Å². The van der Waals surface area contributed by atoms with Crippen molar-refractivity contribution in [3.8, 4) is 0 Å². The number of aryl methyl sites for hydroxylation is 2. The van der Waals surface area contributed by atoms with Crippen LogP contribution in [0.3, 0.4) is 0 Å². The van der Waals surface area contributed by atoms with Crippen LogP contribution in [-0.4, -0.2) is 36.6 Å². The predicted octanol–water partition coefficient (Wildman–Crippen LogP) is 0.632. The highest BCUT2D eigenvalue weighted by Crippen LogP contribution is 2.21. The fraction of sp³-hybridized carbons (Fsp3) is 0.750. The topological polar surface area (TPSA) is 76.0 Å². The van der Waals surface area contributed by atoms with Crippen LogP contribution in [0.5, 0.6) is 0 Å². The van der Waals surface area contributed by atoms with Gasteiger partial charge in [0.15, 0.2) is 5.03 Å². The van der Waals surface area contributed by atoms with Crippen molar-refractivity contribution in [1.29, 1.82) is 0 Å². The van der Waals surface area contributed by atoms with E-state index in [1.807, 2.05) is 25.3 Å². The monoisotopic (exact) mass is 286 g/mol. The molecule has 1 aliphatic rings. The van der Waals surface area contributed by atoms with Crippen molar-refractivity contribution < 1.29 is 8.42 Å². The minimum Gasteiger partial charge on any atom is -0.334 e. The number of aromatic nitrogens is 2. The lowest BCUT2D eigenvalue weighted by Crippen LogP contribution is -2.52. The van der Waals surface area contributed by atoms with E-state index in [1.165, 1.54) is 0 Å². The zero-order valence-corrected chi connectivity index (χ0v) is 12.5. The molecule has 0 aliphatic carbocycles. The van der Waals surface area contributed by atoms with E-state index in [4.69, 9.17) is 0 Å². The van der Waals surface area contributed by atoms with Crippen molar-refractivity contribution in [1.82, 2.24) is 19.6 Å². The van der Waals surface area contributed by atoms with Gasteiger partial charge >= 0.3 is 0 Å². The van der Waals surface area contributed by atoms with E-state index in [9.17, 15) is 8.42 Å². The molecule has 1 aromatic heterocycles. The molecule has 2 rings (SSSR count). The highest BCUT2D eigenvalue weighted by Gasteiger charge is 2.33. The normalized spacial score (nSPS) is 19.5.